The molecule has 1 saturated heterocycles. The van der Waals surface area contributed by atoms with Gasteiger partial charge in [-0.3, -0.25) is 9.63 Å². The van der Waals surface area contributed by atoms with Crippen molar-refractivity contribution >= 4 is 5.97 Å². The molecule has 0 saturated carbocycles. The topological polar surface area (TPSA) is 38.8 Å². The van der Waals surface area contributed by atoms with Gasteiger partial charge in [0, 0.05) is 11.1 Å². The highest BCUT2D eigenvalue weighted by molar-refractivity contribution is 5.73. The minimum atomic E-state index is -0.394. The van der Waals surface area contributed by atoms with Crippen LogP contribution in [0.4, 0.5) is 0 Å². The van der Waals surface area contributed by atoms with Crippen LogP contribution in [0.2, 0.25) is 0 Å². The number of esters is 1. The molecule has 0 amide bonds. The molecule has 0 spiro atoms. The Morgan fingerprint density at radius 2 is 1.46 bits per heavy atom. The number of carbonyl (C=O) groups excluding carboxylic acids is 1. The van der Waals surface area contributed by atoms with E-state index in [2.05, 4.69) is 32.8 Å². The van der Waals surface area contributed by atoms with E-state index in [9.17, 15) is 4.79 Å². The van der Waals surface area contributed by atoms with Crippen molar-refractivity contribution in [3.05, 3.63) is 66.2 Å². The third kappa shape index (κ3) is 5.00. The van der Waals surface area contributed by atoms with Gasteiger partial charge in [-0.05, 0) is 64.7 Å². The predicted octanol–water partition coefficient (Wildman–Crippen LogP) is 5.70. The molecule has 1 aliphatic heterocycles. The predicted molar refractivity (Wildman–Crippen MR) is 111 cm³/mol. The third-order valence-corrected chi connectivity index (χ3v) is 5.41. The van der Waals surface area contributed by atoms with E-state index in [-0.39, 0.29) is 23.5 Å². The standard InChI is InChI=1S/C24H31NO3/c1-23(2)16-11-17-24(3,4)25(23)28-21(19-12-7-5-8-13-19)18-22(26)27-20-14-9-6-10-15-20/h5-10,12-15,21H,11,16-18H2,1-4H3. The molecule has 1 fully saturated rings. The molecule has 0 bridgehead atoms. The van der Waals surface area contributed by atoms with Crippen LogP contribution in [0.25, 0.3) is 0 Å². The van der Waals surface area contributed by atoms with Gasteiger partial charge in [0.1, 0.15) is 11.9 Å². The lowest BCUT2D eigenvalue weighted by Gasteiger charge is -2.52. The van der Waals surface area contributed by atoms with Crippen molar-refractivity contribution in [1.29, 1.82) is 0 Å². The molecule has 3 rings (SSSR count). The van der Waals surface area contributed by atoms with E-state index in [0.717, 1.165) is 18.4 Å². The average Bonchev–Trinajstić information content (AvgIpc) is 2.65. The van der Waals surface area contributed by atoms with Gasteiger partial charge in [-0.2, -0.15) is 5.06 Å². The Labute approximate surface area is 168 Å². The summed E-state index contributed by atoms with van der Waals surface area (Å²) in [6.07, 6.45) is 3.06. The summed E-state index contributed by atoms with van der Waals surface area (Å²) in [5, 5.41) is 2.11. The number of ether oxygens (including phenoxy) is 1. The van der Waals surface area contributed by atoms with Crippen molar-refractivity contribution in [2.45, 2.75) is 70.6 Å². The summed E-state index contributed by atoms with van der Waals surface area (Å²) in [7, 11) is 0. The Bertz CT molecular complexity index is 755. The summed E-state index contributed by atoms with van der Waals surface area (Å²) >= 11 is 0. The van der Waals surface area contributed by atoms with Crippen molar-refractivity contribution in [2.75, 3.05) is 0 Å². The first kappa shape index (κ1) is 20.6. The van der Waals surface area contributed by atoms with Crippen LogP contribution in [0.15, 0.2) is 60.7 Å². The minimum Gasteiger partial charge on any atom is -0.426 e. The molecule has 2 aromatic rings. The van der Waals surface area contributed by atoms with Crippen LogP contribution in [-0.2, 0) is 9.63 Å². The molecule has 1 aliphatic rings. The fourth-order valence-corrected chi connectivity index (χ4v) is 4.09. The molecule has 0 aliphatic carbocycles. The summed E-state index contributed by atoms with van der Waals surface area (Å²) in [6, 6.07) is 19.1. The minimum absolute atomic E-state index is 0.0991. The Balaban J connectivity index is 1.80. The number of hydrogen-bond acceptors (Lipinski definition) is 4. The van der Waals surface area contributed by atoms with Gasteiger partial charge in [-0.1, -0.05) is 48.5 Å². The van der Waals surface area contributed by atoms with E-state index < -0.39 is 6.10 Å². The Morgan fingerprint density at radius 1 is 0.929 bits per heavy atom. The van der Waals surface area contributed by atoms with E-state index in [4.69, 9.17) is 9.57 Å². The number of nitrogens with zero attached hydrogens (tertiary/aromatic N) is 1. The average molecular weight is 382 g/mol. The highest BCUT2D eigenvalue weighted by Gasteiger charge is 2.44. The molecular weight excluding hydrogens is 350 g/mol. The van der Waals surface area contributed by atoms with Gasteiger partial charge in [-0.25, -0.2) is 0 Å². The van der Waals surface area contributed by atoms with Gasteiger partial charge in [0.2, 0.25) is 0 Å². The van der Waals surface area contributed by atoms with Crippen molar-refractivity contribution in [3.8, 4) is 5.75 Å². The van der Waals surface area contributed by atoms with Crippen LogP contribution < -0.4 is 4.74 Å². The number of para-hydroxylation sites is 1. The van der Waals surface area contributed by atoms with Gasteiger partial charge < -0.3 is 4.74 Å². The van der Waals surface area contributed by atoms with Gasteiger partial charge in [0.25, 0.3) is 0 Å². The Morgan fingerprint density at radius 3 is 2.04 bits per heavy atom. The largest absolute Gasteiger partial charge is 0.426 e. The molecule has 4 heteroatoms. The van der Waals surface area contributed by atoms with Crippen molar-refractivity contribution in [1.82, 2.24) is 5.06 Å². The Hall–Kier alpha value is -2.17. The summed E-state index contributed by atoms with van der Waals surface area (Å²) in [4.78, 5) is 19.2. The third-order valence-electron chi connectivity index (χ3n) is 5.41. The quantitative estimate of drug-likeness (QED) is 0.475. The van der Waals surface area contributed by atoms with Crippen molar-refractivity contribution < 1.29 is 14.4 Å². The SMILES string of the molecule is CC1(C)CCCC(C)(C)N1OC(CC(=O)Oc1ccccc1)c1ccccc1. The fraction of sp³-hybridized carbons (Fsp3) is 0.458. The first-order valence-corrected chi connectivity index (χ1v) is 10.1. The lowest BCUT2D eigenvalue weighted by Crippen LogP contribution is -2.58. The van der Waals surface area contributed by atoms with Gasteiger partial charge in [0.05, 0.1) is 6.42 Å². The molecular formula is C24H31NO3. The second-order valence-electron chi connectivity index (χ2n) is 8.77. The van der Waals surface area contributed by atoms with E-state index in [1.54, 1.807) is 12.1 Å². The number of hydroxylamine groups is 2. The maximum absolute atomic E-state index is 12.6. The van der Waals surface area contributed by atoms with E-state index in [0.29, 0.717) is 5.75 Å². The fourth-order valence-electron chi connectivity index (χ4n) is 4.09. The molecule has 0 radical (unpaired) electrons. The van der Waals surface area contributed by atoms with Crippen LogP contribution in [0.3, 0.4) is 0 Å². The van der Waals surface area contributed by atoms with Crippen molar-refractivity contribution in [2.24, 2.45) is 0 Å². The molecule has 1 heterocycles. The number of hydrogen-bond donors (Lipinski definition) is 0. The summed E-state index contributed by atoms with van der Waals surface area (Å²) in [5.41, 5.74) is 0.778. The molecule has 4 nitrogen and oxygen atoms in total. The normalized spacial score (nSPS) is 19.7. The van der Waals surface area contributed by atoms with Crippen LogP contribution in [0.1, 0.15) is 65.0 Å². The zero-order valence-electron chi connectivity index (χ0n) is 17.4. The first-order chi connectivity index (χ1) is 13.3. The molecule has 0 N–H and O–H groups in total. The van der Waals surface area contributed by atoms with Crippen LogP contribution >= 0.6 is 0 Å². The molecule has 1 unspecified atom stereocenters. The first-order valence-electron chi connectivity index (χ1n) is 10.1. The van der Waals surface area contributed by atoms with E-state index in [1.807, 2.05) is 48.5 Å². The summed E-state index contributed by atoms with van der Waals surface area (Å²) in [6.45, 7) is 8.83. The number of benzene rings is 2. The van der Waals surface area contributed by atoms with E-state index >= 15 is 0 Å². The molecule has 28 heavy (non-hydrogen) atoms. The summed E-state index contributed by atoms with van der Waals surface area (Å²) in [5.74, 6) is 0.255. The highest BCUT2D eigenvalue weighted by atomic mass is 16.7. The van der Waals surface area contributed by atoms with E-state index in [1.165, 1.54) is 6.42 Å². The maximum atomic E-state index is 12.6. The van der Waals surface area contributed by atoms with Gasteiger partial charge >= 0.3 is 5.97 Å². The number of carbonyl (C=O) groups is 1. The zero-order chi connectivity index (χ0) is 20.2. The number of rotatable bonds is 6. The van der Waals surface area contributed by atoms with Crippen LogP contribution in [-0.4, -0.2) is 22.1 Å². The molecule has 150 valence electrons. The maximum Gasteiger partial charge on any atom is 0.314 e. The zero-order valence-corrected chi connectivity index (χ0v) is 17.4. The van der Waals surface area contributed by atoms with Gasteiger partial charge in [-0.15, -0.1) is 0 Å². The van der Waals surface area contributed by atoms with Crippen molar-refractivity contribution in [3.63, 3.8) is 0 Å². The molecule has 2 aromatic carbocycles. The lowest BCUT2D eigenvalue weighted by molar-refractivity contribution is -0.307. The number of piperidine rings is 1. The smallest absolute Gasteiger partial charge is 0.314 e. The van der Waals surface area contributed by atoms with Crippen LogP contribution in [0.5, 0.6) is 5.75 Å². The second kappa shape index (κ2) is 8.46. The Kier molecular flexibility index (Phi) is 6.21. The second-order valence-corrected chi connectivity index (χ2v) is 8.77. The van der Waals surface area contributed by atoms with Crippen LogP contribution in [0, 0.1) is 0 Å². The monoisotopic (exact) mass is 381 g/mol. The highest BCUT2D eigenvalue weighted by Crippen LogP contribution is 2.41. The lowest BCUT2D eigenvalue weighted by atomic mass is 9.82. The molecule has 0 aromatic heterocycles. The summed E-state index contributed by atoms with van der Waals surface area (Å²) < 4.78 is 5.52. The molecule has 1 atom stereocenters. The van der Waals surface area contributed by atoms with Gasteiger partial charge in [0.15, 0.2) is 0 Å².